The SMILES string of the molecule is CCCc1nc(NC)c(C)c(Nc2ccc(Br)c(F)c2)n1. The van der Waals surface area contributed by atoms with Crippen molar-refractivity contribution in [3.05, 3.63) is 39.9 Å². The lowest BCUT2D eigenvalue weighted by molar-refractivity contribution is 0.622. The third-order valence-electron chi connectivity index (χ3n) is 3.08. The van der Waals surface area contributed by atoms with Crippen molar-refractivity contribution in [2.24, 2.45) is 0 Å². The fraction of sp³-hybridized carbons (Fsp3) is 0.333. The summed E-state index contributed by atoms with van der Waals surface area (Å²) in [6, 6.07) is 4.90. The fourth-order valence-electron chi connectivity index (χ4n) is 1.97. The number of halogens is 2. The number of nitrogens with one attached hydrogen (secondary N) is 2. The van der Waals surface area contributed by atoms with Gasteiger partial charge in [0, 0.05) is 24.7 Å². The Labute approximate surface area is 132 Å². The molecule has 2 aromatic rings. The summed E-state index contributed by atoms with van der Waals surface area (Å²) in [5.74, 6) is 1.94. The van der Waals surface area contributed by atoms with Gasteiger partial charge in [-0.2, -0.15) is 0 Å². The Bertz CT molecular complexity index is 646. The van der Waals surface area contributed by atoms with Crippen LogP contribution in [0.5, 0.6) is 0 Å². The van der Waals surface area contributed by atoms with E-state index in [1.165, 1.54) is 6.07 Å². The minimum Gasteiger partial charge on any atom is -0.373 e. The zero-order valence-electron chi connectivity index (χ0n) is 12.3. The molecule has 6 heteroatoms. The van der Waals surface area contributed by atoms with Gasteiger partial charge in [-0.15, -0.1) is 0 Å². The first-order chi connectivity index (χ1) is 10.0. The molecule has 4 nitrogen and oxygen atoms in total. The van der Waals surface area contributed by atoms with Gasteiger partial charge in [-0.25, -0.2) is 14.4 Å². The second kappa shape index (κ2) is 6.85. The van der Waals surface area contributed by atoms with E-state index in [0.29, 0.717) is 16.0 Å². The molecule has 0 aliphatic rings. The number of hydrogen-bond acceptors (Lipinski definition) is 4. The minimum atomic E-state index is -0.311. The van der Waals surface area contributed by atoms with Crippen LogP contribution in [0.25, 0.3) is 0 Å². The van der Waals surface area contributed by atoms with Crippen LogP contribution in [0.4, 0.5) is 21.7 Å². The first-order valence-corrected chi connectivity index (χ1v) is 7.61. The summed E-state index contributed by atoms with van der Waals surface area (Å²) in [6.07, 6.45) is 1.77. The molecule has 112 valence electrons. The smallest absolute Gasteiger partial charge is 0.139 e. The van der Waals surface area contributed by atoms with Crippen LogP contribution in [-0.2, 0) is 6.42 Å². The van der Waals surface area contributed by atoms with E-state index in [2.05, 4.69) is 43.5 Å². The Morgan fingerprint density at radius 2 is 1.95 bits per heavy atom. The summed E-state index contributed by atoms with van der Waals surface area (Å²) in [6.45, 7) is 4.01. The molecule has 0 fully saturated rings. The molecule has 1 aromatic heterocycles. The Morgan fingerprint density at radius 3 is 2.57 bits per heavy atom. The average Bonchev–Trinajstić information content (AvgIpc) is 2.46. The van der Waals surface area contributed by atoms with E-state index in [0.717, 1.165) is 30.0 Å². The van der Waals surface area contributed by atoms with Crippen molar-refractivity contribution >= 4 is 33.3 Å². The molecular weight excluding hydrogens is 335 g/mol. The first kappa shape index (κ1) is 15.7. The van der Waals surface area contributed by atoms with Crippen molar-refractivity contribution < 1.29 is 4.39 Å². The molecule has 0 atom stereocenters. The largest absolute Gasteiger partial charge is 0.373 e. The van der Waals surface area contributed by atoms with Gasteiger partial charge in [0.15, 0.2) is 0 Å². The maximum absolute atomic E-state index is 13.6. The van der Waals surface area contributed by atoms with Crippen LogP contribution in [0.1, 0.15) is 24.7 Å². The Balaban J connectivity index is 2.37. The second-order valence-corrected chi connectivity index (χ2v) is 5.57. The maximum Gasteiger partial charge on any atom is 0.139 e. The van der Waals surface area contributed by atoms with E-state index in [1.807, 2.05) is 14.0 Å². The molecule has 0 aliphatic heterocycles. The lowest BCUT2D eigenvalue weighted by atomic mass is 10.2. The normalized spacial score (nSPS) is 10.5. The predicted octanol–water partition coefficient (Wildman–Crippen LogP) is 4.42. The van der Waals surface area contributed by atoms with Crippen LogP contribution in [0.3, 0.4) is 0 Å². The van der Waals surface area contributed by atoms with Crippen LogP contribution in [-0.4, -0.2) is 17.0 Å². The highest BCUT2D eigenvalue weighted by Crippen LogP contribution is 2.26. The van der Waals surface area contributed by atoms with E-state index >= 15 is 0 Å². The first-order valence-electron chi connectivity index (χ1n) is 6.82. The van der Waals surface area contributed by atoms with Crippen LogP contribution >= 0.6 is 15.9 Å². The predicted molar refractivity (Wildman–Crippen MR) is 87.7 cm³/mol. The van der Waals surface area contributed by atoms with Crippen molar-refractivity contribution in [3.8, 4) is 0 Å². The Hall–Kier alpha value is -1.69. The van der Waals surface area contributed by atoms with Crippen molar-refractivity contribution in [1.29, 1.82) is 0 Å². The summed E-state index contributed by atoms with van der Waals surface area (Å²) < 4.78 is 14.0. The van der Waals surface area contributed by atoms with Crippen molar-refractivity contribution in [1.82, 2.24) is 9.97 Å². The van der Waals surface area contributed by atoms with E-state index in [-0.39, 0.29) is 5.82 Å². The molecule has 0 amide bonds. The monoisotopic (exact) mass is 352 g/mol. The molecule has 0 unspecified atom stereocenters. The van der Waals surface area contributed by atoms with E-state index in [1.54, 1.807) is 12.1 Å². The summed E-state index contributed by atoms with van der Waals surface area (Å²) in [5, 5.41) is 6.23. The second-order valence-electron chi connectivity index (χ2n) is 4.72. The Kier molecular flexibility index (Phi) is 5.12. The molecule has 0 saturated heterocycles. The van der Waals surface area contributed by atoms with Crippen molar-refractivity contribution in [2.75, 3.05) is 17.7 Å². The van der Waals surface area contributed by atoms with Crippen molar-refractivity contribution in [3.63, 3.8) is 0 Å². The molecule has 2 rings (SSSR count). The molecule has 21 heavy (non-hydrogen) atoms. The number of hydrogen-bond donors (Lipinski definition) is 2. The molecule has 0 spiro atoms. The molecule has 1 heterocycles. The van der Waals surface area contributed by atoms with Gasteiger partial charge in [0.05, 0.1) is 4.47 Å². The molecule has 2 N–H and O–H groups in total. The highest BCUT2D eigenvalue weighted by molar-refractivity contribution is 9.10. The van der Waals surface area contributed by atoms with Crippen LogP contribution < -0.4 is 10.6 Å². The lowest BCUT2D eigenvalue weighted by Crippen LogP contribution is -2.07. The molecule has 1 aromatic carbocycles. The lowest BCUT2D eigenvalue weighted by Gasteiger charge is -2.14. The topological polar surface area (TPSA) is 49.8 Å². The molecular formula is C15H18BrFN4. The highest BCUT2D eigenvalue weighted by Gasteiger charge is 2.10. The molecule has 0 saturated carbocycles. The van der Waals surface area contributed by atoms with Gasteiger partial charge in [0.25, 0.3) is 0 Å². The third kappa shape index (κ3) is 3.69. The molecule has 0 bridgehead atoms. The summed E-state index contributed by atoms with van der Waals surface area (Å²) in [7, 11) is 1.83. The van der Waals surface area contributed by atoms with Crippen molar-refractivity contribution in [2.45, 2.75) is 26.7 Å². The summed E-state index contributed by atoms with van der Waals surface area (Å²) in [4.78, 5) is 8.99. The van der Waals surface area contributed by atoms with Crippen LogP contribution in [0.2, 0.25) is 0 Å². The number of aryl methyl sites for hydroxylation is 1. The van der Waals surface area contributed by atoms with Gasteiger partial charge in [-0.3, -0.25) is 0 Å². The molecule has 0 radical (unpaired) electrons. The van der Waals surface area contributed by atoms with Gasteiger partial charge in [-0.1, -0.05) is 6.92 Å². The van der Waals surface area contributed by atoms with Gasteiger partial charge >= 0.3 is 0 Å². The van der Waals surface area contributed by atoms with E-state index in [9.17, 15) is 4.39 Å². The van der Waals surface area contributed by atoms with E-state index < -0.39 is 0 Å². The highest BCUT2D eigenvalue weighted by atomic mass is 79.9. The van der Waals surface area contributed by atoms with Gasteiger partial charge in [0.1, 0.15) is 23.3 Å². The zero-order valence-corrected chi connectivity index (χ0v) is 13.9. The zero-order chi connectivity index (χ0) is 15.4. The number of rotatable bonds is 5. The summed E-state index contributed by atoms with van der Waals surface area (Å²) in [5.41, 5.74) is 1.56. The maximum atomic E-state index is 13.6. The Morgan fingerprint density at radius 1 is 1.24 bits per heavy atom. The quantitative estimate of drug-likeness (QED) is 0.835. The third-order valence-corrected chi connectivity index (χ3v) is 3.73. The number of benzene rings is 1. The standard InChI is InChI=1S/C15H18BrFN4/c1-4-5-13-20-14(18-3)9(2)15(21-13)19-10-6-7-11(16)12(17)8-10/h6-8H,4-5H2,1-3H3,(H2,18,19,20,21). The molecule has 0 aliphatic carbocycles. The number of anilines is 3. The number of aromatic nitrogens is 2. The van der Waals surface area contributed by atoms with Gasteiger partial charge < -0.3 is 10.6 Å². The summed E-state index contributed by atoms with van der Waals surface area (Å²) >= 11 is 3.15. The van der Waals surface area contributed by atoms with Gasteiger partial charge in [-0.05, 0) is 47.5 Å². The fourth-order valence-corrected chi connectivity index (χ4v) is 2.22. The van der Waals surface area contributed by atoms with Crippen LogP contribution in [0.15, 0.2) is 22.7 Å². The number of nitrogens with zero attached hydrogens (tertiary/aromatic N) is 2. The van der Waals surface area contributed by atoms with Gasteiger partial charge in [0.2, 0.25) is 0 Å². The minimum absolute atomic E-state index is 0.311. The average molecular weight is 353 g/mol. The van der Waals surface area contributed by atoms with E-state index in [4.69, 9.17) is 0 Å². The van der Waals surface area contributed by atoms with Crippen LogP contribution in [0, 0.1) is 12.7 Å².